The van der Waals surface area contributed by atoms with Gasteiger partial charge in [-0.25, -0.2) is 13.1 Å². The van der Waals surface area contributed by atoms with Gasteiger partial charge in [-0.15, -0.1) is 11.3 Å². The average Bonchev–Trinajstić information content (AvgIpc) is 2.75. The Morgan fingerprint density at radius 2 is 2.00 bits per heavy atom. The van der Waals surface area contributed by atoms with E-state index in [1.54, 1.807) is 6.07 Å². The molecule has 1 heterocycles. The largest absolute Gasteiger partial charge is 0.315 e. The Balaban J connectivity index is 2.85. The Hall–Kier alpha value is -0.430. The number of thiophene rings is 1. The van der Waals surface area contributed by atoms with E-state index in [2.05, 4.69) is 10.0 Å². The van der Waals surface area contributed by atoms with Gasteiger partial charge < -0.3 is 5.32 Å². The molecule has 0 fully saturated rings. The van der Waals surface area contributed by atoms with Gasteiger partial charge in [-0.1, -0.05) is 20.8 Å². The Labute approximate surface area is 114 Å². The van der Waals surface area contributed by atoms with Crippen LogP contribution in [0.3, 0.4) is 0 Å². The van der Waals surface area contributed by atoms with Crippen LogP contribution < -0.4 is 10.0 Å². The third kappa shape index (κ3) is 4.05. The van der Waals surface area contributed by atoms with Crippen LogP contribution in [-0.2, 0) is 16.6 Å². The van der Waals surface area contributed by atoms with E-state index in [1.807, 2.05) is 33.9 Å². The Morgan fingerprint density at radius 1 is 1.33 bits per heavy atom. The average molecular weight is 290 g/mol. The van der Waals surface area contributed by atoms with E-state index < -0.39 is 10.0 Å². The van der Waals surface area contributed by atoms with Crippen molar-refractivity contribution in [3.05, 3.63) is 17.0 Å². The molecule has 0 aromatic carbocycles. The monoisotopic (exact) mass is 290 g/mol. The van der Waals surface area contributed by atoms with E-state index in [0.29, 0.717) is 16.7 Å². The first-order valence-electron chi connectivity index (χ1n) is 6.16. The van der Waals surface area contributed by atoms with Crippen LogP contribution in [0.1, 0.15) is 32.1 Å². The highest BCUT2D eigenvalue weighted by molar-refractivity contribution is 7.91. The molecule has 0 radical (unpaired) electrons. The predicted octanol–water partition coefficient (Wildman–Crippen LogP) is 2.18. The highest BCUT2D eigenvalue weighted by atomic mass is 32.2. The maximum absolute atomic E-state index is 12.2. The fourth-order valence-electron chi connectivity index (χ4n) is 1.72. The Morgan fingerprint density at radius 3 is 2.50 bits per heavy atom. The molecule has 1 unspecified atom stereocenters. The fraction of sp³-hybridized carbons (Fsp3) is 0.667. The summed E-state index contributed by atoms with van der Waals surface area (Å²) in [6.45, 7) is 6.74. The molecule has 1 rings (SSSR count). The van der Waals surface area contributed by atoms with Crippen molar-refractivity contribution in [1.82, 2.24) is 10.0 Å². The summed E-state index contributed by atoms with van der Waals surface area (Å²) in [5, 5.41) is 3.01. The van der Waals surface area contributed by atoms with Gasteiger partial charge in [-0.3, -0.25) is 0 Å². The first-order chi connectivity index (χ1) is 8.40. The van der Waals surface area contributed by atoms with Crippen molar-refractivity contribution in [2.45, 2.75) is 44.0 Å². The predicted molar refractivity (Wildman–Crippen MR) is 76.3 cm³/mol. The number of nitrogens with one attached hydrogen (secondary N) is 2. The molecule has 1 aromatic heterocycles. The molecule has 0 bridgehead atoms. The zero-order chi connectivity index (χ0) is 13.8. The molecule has 0 spiro atoms. The SMILES string of the molecule is CCC(NS(=O)(=O)c1ccc(CNC)s1)C(C)C. The molecule has 6 heteroatoms. The highest BCUT2D eigenvalue weighted by Gasteiger charge is 2.22. The van der Waals surface area contributed by atoms with Gasteiger partial charge in [-0.05, 0) is 31.5 Å². The summed E-state index contributed by atoms with van der Waals surface area (Å²) >= 11 is 1.32. The van der Waals surface area contributed by atoms with Gasteiger partial charge in [0.05, 0.1) is 0 Å². The summed E-state index contributed by atoms with van der Waals surface area (Å²) in [5.41, 5.74) is 0. The topological polar surface area (TPSA) is 58.2 Å². The number of sulfonamides is 1. The van der Waals surface area contributed by atoms with Crippen LogP contribution in [-0.4, -0.2) is 21.5 Å². The summed E-state index contributed by atoms with van der Waals surface area (Å²) in [6.07, 6.45) is 0.797. The van der Waals surface area contributed by atoms with E-state index in [9.17, 15) is 8.42 Å². The molecule has 1 aromatic rings. The standard InChI is InChI=1S/C12H22N2O2S2/c1-5-11(9(2)3)14-18(15,16)12-7-6-10(17-12)8-13-4/h6-7,9,11,13-14H,5,8H2,1-4H3. The lowest BCUT2D eigenvalue weighted by atomic mass is 10.0. The molecular weight excluding hydrogens is 268 g/mol. The second-order valence-electron chi connectivity index (χ2n) is 4.63. The zero-order valence-electron chi connectivity index (χ0n) is 11.4. The highest BCUT2D eigenvalue weighted by Crippen LogP contribution is 2.22. The maximum atomic E-state index is 12.2. The third-order valence-corrected chi connectivity index (χ3v) is 5.87. The molecule has 18 heavy (non-hydrogen) atoms. The molecule has 0 aliphatic rings. The normalized spacial score (nSPS) is 14.1. The summed E-state index contributed by atoms with van der Waals surface area (Å²) in [5.74, 6) is 0.293. The maximum Gasteiger partial charge on any atom is 0.250 e. The van der Waals surface area contributed by atoms with Gasteiger partial charge in [0.15, 0.2) is 0 Å². The van der Waals surface area contributed by atoms with Crippen molar-refractivity contribution >= 4 is 21.4 Å². The van der Waals surface area contributed by atoms with Crippen LogP contribution in [0.15, 0.2) is 16.3 Å². The van der Waals surface area contributed by atoms with Crippen LogP contribution in [0.5, 0.6) is 0 Å². The first-order valence-corrected chi connectivity index (χ1v) is 8.46. The molecule has 0 saturated heterocycles. The van der Waals surface area contributed by atoms with E-state index >= 15 is 0 Å². The quantitative estimate of drug-likeness (QED) is 0.809. The Kier molecular flexibility index (Phi) is 5.78. The summed E-state index contributed by atoms with van der Waals surface area (Å²) < 4.78 is 27.6. The van der Waals surface area contributed by atoms with Gasteiger partial charge in [0.1, 0.15) is 4.21 Å². The minimum absolute atomic E-state index is 0.00940. The van der Waals surface area contributed by atoms with E-state index in [0.717, 1.165) is 11.3 Å². The van der Waals surface area contributed by atoms with Gasteiger partial charge in [-0.2, -0.15) is 0 Å². The molecule has 104 valence electrons. The van der Waals surface area contributed by atoms with Crippen LogP contribution in [0.25, 0.3) is 0 Å². The van der Waals surface area contributed by atoms with Crippen molar-refractivity contribution in [3.8, 4) is 0 Å². The number of hydrogen-bond acceptors (Lipinski definition) is 4. The third-order valence-electron chi connectivity index (χ3n) is 2.80. The van der Waals surface area contributed by atoms with Crippen molar-refractivity contribution in [2.24, 2.45) is 5.92 Å². The molecule has 0 saturated carbocycles. The molecule has 4 nitrogen and oxygen atoms in total. The van der Waals surface area contributed by atoms with E-state index in [1.165, 1.54) is 11.3 Å². The van der Waals surface area contributed by atoms with E-state index in [4.69, 9.17) is 0 Å². The smallest absolute Gasteiger partial charge is 0.250 e. The molecule has 1 atom stereocenters. The second-order valence-corrected chi connectivity index (χ2v) is 7.74. The van der Waals surface area contributed by atoms with E-state index in [-0.39, 0.29) is 6.04 Å². The fourth-order valence-corrected chi connectivity index (χ4v) is 4.57. The summed E-state index contributed by atoms with van der Waals surface area (Å²) in [7, 11) is -1.53. The lowest BCUT2D eigenvalue weighted by Crippen LogP contribution is -2.37. The van der Waals surface area contributed by atoms with Crippen LogP contribution in [0.4, 0.5) is 0 Å². The van der Waals surface area contributed by atoms with Crippen LogP contribution in [0.2, 0.25) is 0 Å². The van der Waals surface area contributed by atoms with Gasteiger partial charge in [0.2, 0.25) is 10.0 Å². The van der Waals surface area contributed by atoms with Crippen molar-refractivity contribution in [2.75, 3.05) is 7.05 Å². The molecule has 0 aliphatic heterocycles. The van der Waals surface area contributed by atoms with Crippen molar-refractivity contribution < 1.29 is 8.42 Å². The number of hydrogen-bond donors (Lipinski definition) is 2. The minimum Gasteiger partial charge on any atom is -0.315 e. The van der Waals surface area contributed by atoms with Gasteiger partial charge >= 0.3 is 0 Å². The van der Waals surface area contributed by atoms with Gasteiger partial charge in [0, 0.05) is 17.5 Å². The minimum atomic E-state index is -3.37. The second kappa shape index (κ2) is 6.65. The molecule has 2 N–H and O–H groups in total. The van der Waals surface area contributed by atoms with Crippen LogP contribution in [0, 0.1) is 5.92 Å². The first kappa shape index (κ1) is 15.6. The molecule has 0 aliphatic carbocycles. The van der Waals surface area contributed by atoms with Crippen molar-refractivity contribution in [1.29, 1.82) is 0 Å². The molecular formula is C12H22N2O2S2. The number of rotatable bonds is 7. The van der Waals surface area contributed by atoms with Gasteiger partial charge in [0.25, 0.3) is 0 Å². The lowest BCUT2D eigenvalue weighted by molar-refractivity contribution is 0.438. The Bertz CT molecular complexity index is 466. The molecule has 0 amide bonds. The lowest BCUT2D eigenvalue weighted by Gasteiger charge is -2.19. The van der Waals surface area contributed by atoms with Crippen molar-refractivity contribution in [3.63, 3.8) is 0 Å². The van der Waals surface area contributed by atoms with Crippen LogP contribution >= 0.6 is 11.3 Å². The zero-order valence-corrected chi connectivity index (χ0v) is 13.0. The summed E-state index contributed by atoms with van der Waals surface area (Å²) in [6, 6.07) is 3.52. The summed E-state index contributed by atoms with van der Waals surface area (Å²) in [4.78, 5) is 1.02.